The second-order valence-corrected chi connectivity index (χ2v) is 4.89. The van der Waals surface area contributed by atoms with Crippen LogP contribution in [0.15, 0.2) is 0 Å². The molecule has 1 unspecified atom stereocenters. The third kappa shape index (κ3) is 4.15. The van der Waals surface area contributed by atoms with E-state index in [-0.39, 0.29) is 50.2 Å². The van der Waals surface area contributed by atoms with Crippen LogP contribution in [0.25, 0.3) is 0 Å². The van der Waals surface area contributed by atoms with Crippen molar-refractivity contribution in [2.75, 3.05) is 6.61 Å². The molecule has 18 heavy (non-hydrogen) atoms. The molecule has 1 amide bonds. The minimum Gasteiger partial charge on any atom is -0.394 e. The number of alkyl halides is 3. The Morgan fingerprint density at radius 2 is 1.89 bits per heavy atom. The first-order valence-corrected chi connectivity index (χ1v) is 6.36. The van der Waals surface area contributed by atoms with Gasteiger partial charge < -0.3 is 10.4 Å². The van der Waals surface area contributed by atoms with Gasteiger partial charge in [0.15, 0.2) is 0 Å². The monoisotopic (exact) mass is 267 g/mol. The van der Waals surface area contributed by atoms with Gasteiger partial charge in [-0.15, -0.1) is 0 Å². The number of rotatable bonds is 4. The summed E-state index contributed by atoms with van der Waals surface area (Å²) < 4.78 is 37.4. The summed E-state index contributed by atoms with van der Waals surface area (Å²) in [6, 6.07) is -0.294. The van der Waals surface area contributed by atoms with Crippen molar-refractivity contribution in [2.45, 2.75) is 51.2 Å². The predicted molar refractivity (Wildman–Crippen MR) is 60.8 cm³/mol. The lowest BCUT2D eigenvalue weighted by atomic mass is 9.81. The molecule has 0 heterocycles. The summed E-state index contributed by atoms with van der Waals surface area (Å²) in [6.45, 7) is 1.70. The molecule has 106 valence electrons. The zero-order chi connectivity index (χ0) is 13.8. The van der Waals surface area contributed by atoms with E-state index in [9.17, 15) is 18.0 Å². The molecule has 0 aromatic rings. The Morgan fingerprint density at radius 1 is 1.33 bits per heavy atom. The summed E-state index contributed by atoms with van der Waals surface area (Å²) in [5.74, 6) is -1.83. The van der Waals surface area contributed by atoms with Gasteiger partial charge in [0, 0.05) is 5.92 Å². The van der Waals surface area contributed by atoms with Crippen molar-refractivity contribution in [3.8, 4) is 0 Å². The Balaban J connectivity index is 2.41. The highest BCUT2D eigenvalue weighted by atomic mass is 19.4. The van der Waals surface area contributed by atoms with Crippen LogP contribution >= 0.6 is 0 Å². The maximum absolute atomic E-state index is 12.5. The third-order valence-corrected chi connectivity index (χ3v) is 3.62. The maximum Gasteiger partial charge on any atom is 0.391 e. The quantitative estimate of drug-likeness (QED) is 0.820. The van der Waals surface area contributed by atoms with Gasteiger partial charge in [0.2, 0.25) is 5.91 Å². The molecule has 0 aromatic heterocycles. The molecule has 3 nitrogen and oxygen atoms in total. The van der Waals surface area contributed by atoms with Crippen molar-refractivity contribution >= 4 is 5.91 Å². The molecule has 1 rings (SSSR count). The van der Waals surface area contributed by atoms with E-state index in [1.54, 1.807) is 0 Å². The van der Waals surface area contributed by atoms with Crippen LogP contribution in [-0.2, 0) is 4.79 Å². The summed E-state index contributed by atoms with van der Waals surface area (Å²) >= 11 is 0. The Hall–Kier alpha value is -0.780. The lowest BCUT2D eigenvalue weighted by Crippen LogP contribution is -2.42. The van der Waals surface area contributed by atoms with Crippen LogP contribution in [0.1, 0.15) is 39.0 Å². The molecule has 0 bridgehead atoms. The summed E-state index contributed by atoms with van der Waals surface area (Å²) in [4.78, 5) is 11.8. The van der Waals surface area contributed by atoms with Crippen LogP contribution in [0.4, 0.5) is 13.2 Å². The minimum atomic E-state index is -4.14. The third-order valence-electron chi connectivity index (χ3n) is 3.62. The molecule has 0 spiro atoms. The number of amides is 1. The molecular weight excluding hydrogens is 247 g/mol. The fraction of sp³-hybridized carbons (Fsp3) is 0.917. The van der Waals surface area contributed by atoms with Crippen LogP contribution in [-0.4, -0.2) is 29.8 Å². The molecule has 0 aromatic carbocycles. The van der Waals surface area contributed by atoms with Gasteiger partial charge in [-0.25, -0.2) is 0 Å². The smallest absolute Gasteiger partial charge is 0.391 e. The first-order valence-electron chi connectivity index (χ1n) is 6.36. The highest BCUT2D eigenvalue weighted by molar-refractivity contribution is 5.79. The summed E-state index contributed by atoms with van der Waals surface area (Å²) in [5, 5.41) is 11.6. The summed E-state index contributed by atoms with van der Waals surface area (Å²) in [7, 11) is 0. The van der Waals surface area contributed by atoms with E-state index in [0.29, 0.717) is 6.42 Å². The van der Waals surface area contributed by atoms with E-state index in [4.69, 9.17) is 5.11 Å². The van der Waals surface area contributed by atoms with Gasteiger partial charge in [0.1, 0.15) is 0 Å². The molecule has 1 saturated carbocycles. The standard InChI is InChI=1S/C12H20F3NO2/c1-2-10(7-17)16-11(18)8-3-5-9(6-4-8)12(13,14)15/h8-10,17H,2-7H2,1H3,(H,16,18). The van der Waals surface area contributed by atoms with Crippen molar-refractivity contribution in [1.82, 2.24) is 5.32 Å². The molecule has 1 aliphatic rings. The molecule has 0 radical (unpaired) electrons. The number of halogens is 3. The topological polar surface area (TPSA) is 49.3 Å². The molecule has 2 N–H and O–H groups in total. The Bertz CT molecular complexity index is 269. The van der Waals surface area contributed by atoms with Crippen LogP contribution in [0.3, 0.4) is 0 Å². The fourth-order valence-electron chi connectivity index (χ4n) is 2.28. The van der Waals surface area contributed by atoms with E-state index in [1.165, 1.54) is 0 Å². The van der Waals surface area contributed by atoms with Crippen molar-refractivity contribution in [1.29, 1.82) is 0 Å². The molecule has 6 heteroatoms. The van der Waals surface area contributed by atoms with E-state index < -0.39 is 12.1 Å². The van der Waals surface area contributed by atoms with E-state index in [0.717, 1.165) is 0 Å². The number of hydrogen-bond donors (Lipinski definition) is 2. The van der Waals surface area contributed by atoms with Crippen LogP contribution in [0, 0.1) is 11.8 Å². The van der Waals surface area contributed by atoms with Crippen LogP contribution in [0.2, 0.25) is 0 Å². The summed E-state index contributed by atoms with van der Waals surface area (Å²) in [5.41, 5.74) is 0. The molecule has 1 fully saturated rings. The number of hydrogen-bond acceptors (Lipinski definition) is 2. The average Bonchev–Trinajstić information content (AvgIpc) is 2.34. The average molecular weight is 267 g/mol. The summed E-state index contributed by atoms with van der Waals surface area (Å²) in [6.07, 6.45) is -2.93. The lowest BCUT2D eigenvalue weighted by molar-refractivity contribution is -0.184. The van der Waals surface area contributed by atoms with Crippen LogP contribution < -0.4 is 5.32 Å². The number of aliphatic hydroxyl groups excluding tert-OH is 1. The largest absolute Gasteiger partial charge is 0.394 e. The molecule has 1 atom stereocenters. The first kappa shape index (κ1) is 15.3. The predicted octanol–water partition coefficient (Wildman–Crippen LogP) is 2.24. The van der Waals surface area contributed by atoms with E-state index in [2.05, 4.69) is 5.32 Å². The van der Waals surface area contributed by atoms with Gasteiger partial charge in [0.25, 0.3) is 0 Å². The van der Waals surface area contributed by atoms with Crippen molar-refractivity contribution in [2.24, 2.45) is 11.8 Å². The second-order valence-electron chi connectivity index (χ2n) is 4.89. The van der Waals surface area contributed by atoms with E-state index >= 15 is 0 Å². The van der Waals surface area contributed by atoms with E-state index in [1.807, 2.05) is 6.92 Å². The lowest BCUT2D eigenvalue weighted by Gasteiger charge is -2.30. The molecule has 1 aliphatic carbocycles. The van der Waals surface area contributed by atoms with Gasteiger partial charge in [-0.1, -0.05) is 6.92 Å². The minimum absolute atomic E-state index is 0.0253. The van der Waals surface area contributed by atoms with Gasteiger partial charge in [-0.2, -0.15) is 13.2 Å². The first-order chi connectivity index (χ1) is 8.38. The highest BCUT2D eigenvalue weighted by Gasteiger charge is 2.42. The van der Waals surface area contributed by atoms with Crippen molar-refractivity contribution < 1.29 is 23.1 Å². The van der Waals surface area contributed by atoms with Gasteiger partial charge in [-0.3, -0.25) is 4.79 Å². The number of carbonyl (C=O) groups is 1. The van der Waals surface area contributed by atoms with Crippen LogP contribution in [0.5, 0.6) is 0 Å². The van der Waals surface area contributed by atoms with Crippen molar-refractivity contribution in [3.63, 3.8) is 0 Å². The SMILES string of the molecule is CCC(CO)NC(=O)C1CCC(C(F)(F)F)CC1. The number of carbonyl (C=O) groups excluding carboxylic acids is 1. The van der Waals surface area contributed by atoms with Gasteiger partial charge in [-0.05, 0) is 32.1 Å². The number of aliphatic hydroxyl groups is 1. The molecular formula is C12H20F3NO2. The van der Waals surface area contributed by atoms with Gasteiger partial charge >= 0.3 is 6.18 Å². The maximum atomic E-state index is 12.5. The highest BCUT2D eigenvalue weighted by Crippen LogP contribution is 2.39. The zero-order valence-corrected chi connectivity index (χ0v) is 10.5. The molecule has 0 aliphatic heterocycles. The Morgan fingerprint density at radius 3 is 2.28 bits per heavy atom. The second kappa shape index (κ2) is 6.41. The normalized spacial score (nSPS) is 26.7. The number of nitrogens with one attached hydrogen (secondary N) is 1. The Labute approximate surface area is 105 Å². The Kier molecular flexibility index (Phi) is 5.44. The zero-order valence-electron chi connectivity index (χ0n) is 10.5. The fourth-order valence-corrected chi connectivity index (χ4v) is 2.28. The molecule has 0 saturated heterocycles. The van der Waals surface area contributed by atoms with Crippen molar-refractivity contribution in [3.05, 3.63) is 0 Å². The van der Waals surface area contributed by atoms with Gasteiger partial charge in [0.05, 0.1) is 18.6 Å².